The smallest absolute Gasteiger partial charge is 0.422 e. The molecule has 0 atom stereocenters. The second-order valence-corrected chi connectivity index (χ2v) is 5.16. The summed E-state index contributed by atoms with van der Waals surface area (Å²) in [6, 6.07) is 2.72. The number of alkyl halides is 3. The molecular weight excluding hydrogens is 329 g/mol. The van der Waals surface area contributed by atoms with Crippen molar-refractivity contribution in [1.29, 1.82) is 0 Å². The van der Waals surface area contributed by atoms with E-state index in [0.717, 1.165) is 0 Å². The van der Waals surface area contributed by atoms with Gasteiger partial charge in [0, 0.05) is 19.2 Å². The Morgan fingerprint density at radius 2 is 2.04 bits per heavy atom. The SMILES string of the molecule is CC(C)OC(=O)CCCNC(=O)c1cccnc1OCC(F)(F)F. The highest BCUT2D eigenvalue weighted by Crippen LogP contribution is 2.19. The summed E-state index contributed by atoms with van der Waals surface area (Å²) in [7, 11) is 0. The van der Waals surface area contributed by atoms with Gasteiger partial charge in [-0.15, -0.1) is 0 Å². The average molecular weight is 348 g/mol. The molecule has 0 saturated carbocycles. The van der Waals surface area contributed by atoms with E-state index < -0.39 is 24.6 Å². The van der Waals surface area contributed by atoms with Gasteiger partial charge >= 0.3 is 12.1 Å². The largest absolute Gasteiger partial charge is 0.467 e. The summed E-state index contributed by atoms with van der Waals surface area (Å²) in [5, 5.41) is 2.50. The van der Waals surface area contributed by atoms with Gasteiger partial charge in [-0.3, -0.25) is 9.59 Å². The van der Waals surface area contributed by atoms with Crippen molar-refractivity contribution in [2.24, 2.45) is 0 Å². The van der Waals surface area contributed by atoms with E-state index in [1.165, 1.54) is 18.3 Å². The molecule has 1 aromatic heterocycles. The number of hydrogen-bond donors (Lipinski definition) is 1. The van der Waals surface area contributed by atoms with Gasteiger partial charge < -0.3 is 14.8 Å². The van der Waals surface area contributed by atoms with Crippen LogP contribution in [0.4, 0.5) is 13.2 Å². The maximum Gasteiger partial charge on any atom is 0.422 e. The predicted octanol–water partition coefficient (Wildman–Crippen LogP) is 2.48. The van der Waals surface area contributed by atoms with Gasteiger partial charge in [-0.25, -0.2) is 4.98 Å². The van der Waals surface area contributed by atoms with Crippen LogP contribution < -0.4 is 10.1 Å². The third kappa shape index (κ3) is 7.80. The number of carbonyl (C=O) groups excluding carboxylic acids is 2. The van der Waals surface area contributed by atoms with Gasteiger partial charge in [-0.1, -0.05) is 0 Å². The highest BCUT2D eigenvalue weighted by atomic mass is 19.4. The van der Waals surface area contributed by atoms with Crippen molar-refractivity contribution in [1.82, 2.24) is 10.3 Å². The van der Waals surface area contributed by atoms with Crippen molar-refractivity contribution in [2.75, 3.05) is 13.2 Å². The standard InChI is InChI=1S/C15H19F3N2O4/c1-10(2)24-12(21)6-4-7-19-13(22)11-5-3-8-20-14(11)23-9-15(16,17)18/h3,5,8,10H,4,6-7,9H2,1-2H3,(H,19,22). The maximum absolute atomic E-state index is 12.2. The fourth-order valence-corrected chi connectivity index (χ4v) is 1.68. The minimum Gasteiger partial charge on any atom is -0.467 e. The fraction of sp³-hybridized carbons (Fsp3) is 0.533. The molecule has 9 heteroatoms. The first kappa shape index (κ1) is 19.7. The van der Waals surface area contributed by atoms with E-state index in [9.17, 15) is 22.8 Å². The van der Waals surface area contributed by atoms with Gasteiger partial charge in [-0.05, 0) is 32.4 Å². The number of esters is 1. The molecule has 0 aliphatic carbocycles. The molecule has 1 aromatic rings. The van der Waals surface area contributed by atoms with Crippen LogP contribution in [0.15, 0.2) is 18.3 Å². The first-order chi connectivity index (χ1) is 11.2. The zero-order valence-corrected chi connectivity index (χ0v) is 13.4. The highest BCUT2D eigenvalue weighted by molar-refractivity contribution is 5.96. The van der Waals surface area contributed by atoms with E-state index in [2.05, 4.69) is 15.0 Å². The Balaban J connectivity index is 2.49. The molecule has 0 unspecified atom stereocenters. The van der Waals surface area contributed by atoms with Crippen molar-refractivity contribution in [2.45, 2.75) is 39.0 Å². The van der Waals surface area contributed by atoms with E-state index in [4.69, 9.17) is 4.74 Å². The van der Waals surface area contributed by atoms with E-state index in [-0.39, 0.29) is 30.6 Å². The summed E-state index contributed by atoms with van der Waals surface area (Å²) in [5.41, 5.74) is -0.105. The molecular formula is C15H19F3N2O4. The molecule has 0 aliphatic heterocycles. The Hall–Kier alpha value is -2.32. The summed E-state index contributed by atoms with van der Waals surface area (Å²) in [4.78, 5) is 26.9. The van der Waals surface area contributed by atoms with Crippen molar-refractivity contribution in [3.05, 3.63) is 23.9 Å². The molecule has 0 radical (unpaired) electrons. The molecule has 6 nitrogen and oxygen atoms in total. The number of hydrogen-bond acceptors (Lipinski definition) is 5. The molecule has 0 bridgehead atoms. The molecule has 134 valence electrons. The van der Waals surface area contributed by atoms with Crippen molar-refractivity contribution in [3.63, 3.8) is 0 Å². The summed E-state index contributed by atoms with van der Waals surface area (Å²) >= 11 is 0. The number of rotatable bonds is 8. The molecule has 24 heavy (non-hydrogen) atoms. The number of nitrogens with one attached hydrogen (secondary N) is 1. The maximum atomic E-state index is 12.2. The summed E-state index contributed by atoms with van der Waals surface area (Å²) in [5.74, 6) is -1.40. The summed E-state index contributed by atoms with van der Waals surface area (Å²) in [6.07, 6.45) is -3.04. The van der Waals surface area contributed by atoms with E-state index in [0.29, 0.717) is 6.42 Å². The highest BCUT2D eigenvalue weighted by Gasteiger charge is 2.29. The van der Waals surface area contributed by atoms with Gasteiger partial charge in [0.15, 0.2) is 6.61 Å². The number of halogens is 3. The lowest BCUT2D eigenvalue weighted by Crippen LogP contribution is -2.27. The van der Waals surface area contributed by atoms with Crippen LogP contribution in [0.5, 0.6) is 5.88 Å². The van der Waals surface area contributed by atoms with Crippen LogP contribution in [0.1, 0.15) is 37.0 Å². The lowest BCUT2D eigenvalue weighted by Gasteiger charge is -2.12. The Morgan fingerprint density at radius 1 is 1.33 bits per heavy atom. The molecule has 0 spiro atoms. The quantitative estimate of drug-likeness (QED) is 0.577. The number of pyridine rings is 1. The number of ether oxygens (including phenoxy) is 2. The van der Waals surface area contributed by atoms with Crippen LogP contribution >= 0.6 is 0 Å². The Kier molecular flexibility index (Phi) is 7.47. The summed E-state index contributed by atoms with van der Waals surface area (Å²) in [6.45, 7) is 2.08. The zero-order chi connectivity index (χ0) is 18.2. The van der Waals surface area contributed by atoms with Crippen LogP contribution in [-0.4, -0.2) is 42.3 Å². The van der Waals surface area contributed by atoms with Crippen LogP contribution in [0.2, 0.25) is 0 Å². The predicted molar refractivity (Wildman–Crippen MR) is 78.6 cm³/mol. The first-order valence-electron chi connectivity index (χ1n) is 7.31. The van der Waals surface area contributed by atoms with Gasteiger partial charge in [-0.2, -0.15) is 13.2 Å². The second kappa shape index (κ2) is 9.09. The molecule has 1 heterocycles. The van der Waals surface area contributed by atoms with E-state index in [1.54, 1.807) is 13.8 Å². The van der Waals surface area contributed by atoms with Crippen LogP contribution in [0.3, 0.4) is 0 Å². The summed E-state index contributed by atoms with van der Waals surface area (Å²) < 4.78 is 46.1. The topological polar surface area (TPSA) is 77.5 Å². The fourth-order valence-electron chi connectivity index (χ4n) is 1.68. The molecule has 0 aliphatic rings. The second-order valence-electron chi connectivity index (χ2n) is 5.16. The third-order valence-electron chi connectivity index (χ3n) is 2.60. The number of nitrogens with zero attached hydrogens (tertiary/aromatic N) is 1. The minimum absolute atomic E-state index is 0.105. The lowest BCUT2D eigenvalue weighted by molar-refractivity contribution is -0.154. The van der Waals surface area contributed by atoms with Crippen molar-refractivity contribution >= 4 is 11.9 Å². The Labute approximate surface area is 137 Å². The average Bonchev–Trinajstić information content (AvgIpc) is 2.48. The minimum atomic E-state index is -4.53. The normalized spacial score (nSPS) is 11.2. The van der Waals surface area contributed by atoms with Crippen molar-refractivity contribution < 1.29 is 32.2 Å². The molecule has 0 saturated heterocycles. The van der Waals surface area contributed by atoms with E-state index >= 15 is 0 Å². The van der Waals surface area contributed by atoms with Gasteiger partial charge in [0.2, 0.25) is 5.88 Å². The number of amides is 1. The van der Waals surface area contributed by atoms with Gasteiger partial charge in [0.05, 0.1) is 6.10 Å². The van der Waals surface area contributed by atoms with Crippen LogP contribution in [0, 0.1) is 0 Å². The van der Waals surface area contributed by atoms with Gasteiger partial charge in [0.1, 0.15) is 5.56 Å². The first-order valence-corrected chi connectivity index (χ1v) is 7.31. The Bertz CT molecular complexity index is 562. The molecule has 0 fully saturated rings. The van der Waals surface area contributed by atoms with E-state index in [1.807, 2.05) is 0 Å². The monoisotopic (exact) mass is 348 g/mol. The van der Waals surface area contributed by atoms with Crippen LogP contribution in [-0.2, 0) is 9.53 Å². The Morgan fingerprint density at radius 3 is 2.67 bits per heavy atom. The molecule has 1 rings (SSSR count). The third-order valence-corrected chi connectivity index (χ3v) is 2.60. The number of aromatic nitrogens is 1. The molecule has 1 N–H and O–H groups in total. The molecule has 0 aromatic carbocycles. The van der Waals surface area contributed by atoms with Gasteiger partial charge in [0.25, 0.3) is 5.91 Å². The number of carbonyl (C=O) groups is 2. The van der Waals surface area contributed by atoms with Crippen molar-refractivity contribution in [3.8, 4) is 5.88 Å². The molecule has 1 amide bonds. The zero-order valence-electron chi connectivity index (χ0n) is 13.4. The lowest BCUT2D eigenvalue weighted by atomic mass is 10.2. The van der Waals surface area contributed by atoms with Crippen LogP contribution in [0.25, 0.3) is 0 Å².